The Hall–Kier alpha value is -1.50. The van der Waals surface area contributed by atoms with Crippen molar-refractivity contribution < 1.29 is 13.2 Å². The lowest BCUT2D eigenvalue weighted by atomic mass is 10.0. The van der Waals surface area contributed by atoms with E-state index in [1.807, 2.05) is 26.0 Å². The van der Waals surface area contributed by atoms with Gasteiger partial charge in [0.2, 0.25) is 5.91 Å². The Labute approximate surface area is 164 Å². The van der Waals surface area contributed by atoms with Crippen LogP contribution in [0.2, 0.25) is 5.02 Å². The summed E-state index contributed by atoms with van der Waals surface area (Å²) in [6.45, 7) is 3.83. The summed E-state index contributed by atoms with van der Waals surface area (Å²) in [7, 11) is -3.23. The van der Waals surface area contributed by atoms with Crippen LogP contribution in [-0.2, 0) is 14.6 Å². The molecule has 2 unspecified atom stereocenters. The van der Waals surface area contributed by atoms with Crippen molar-refractivity contribution in [1.82, 2.24) is 5.32 Å². The van der Waals surface area contributed by atoms with E-state index in [-0.39, 0.29) is 22.1 Å². The molecule has 0 aliphatic carbocycles. The maximum absolute atomic E-state index is 12.5. The van der Waals surface area contributed by atoms with Crippen LogP contribution in [0.25, 0.3) is 0 Å². The highest BCUT2D eigenvalue weighted by Crippen LogP contribution is 2.26. The van der Waals surface area contributed by atoms with Crippen molar-refractivity contribution in [3.8, 4) is 0 Å². The molecular formula is C19H22ClNO3S2. The van der Waals surface area contributed by atoms with E-state index < -0.39 is 9.84 Å². The van der Waals surface area contributed by atoms with Gasteiger partial charge in [0.05, 0.1) is 16.2 Å². The van der Waals surface area contributed by atoms with E-state index in [1.165, 1.54) is 18.0 Å². The van der Waals surface area contributed by atoms with Crippen LogP contribution in [0.3, 0.4) is 0 Å². The Bertz CT molecular complexity index is 849. The Morgan fingerprint density at radius 3 is 2.19 bits per heavy atom. The number of carbonyl (C=O) groups is 1. The standard InChI is InChI=1S/C19H22ClNO3S2/c1-4-18(14-5-11-17(12-6-14)26(3,23)24)21-19(22)13(2)25-16-9-7-15(20)8-10-16/h5-13,18H,4H2,1-3H3,(H,21,22). The first kappa shape index (κ1) is 20.8. The van der Waals surface area contributed by atoms with Gasteiger partial charge in [-0.05, 0) is 55.3 Å². The first-order valence-corrected chi connectivity index (χ1v) is 11.4. The number of nitrogens with one attached hydrogen (secondary N) is 1. The quantitative estimate of drug-likeness (QED) is 0.681. The van der Waals surface area contributed by atoms with Crippen molar-refractivity contribution in [1.29, 1.82) is 0 Å². The zero-order chi connectivity index (χ0) is 19.3. The maximum atomic E-state index is 12.5. The van der Waals surface area contributed by atoms with Gasteiger partial charge in [0.1, 0.15) is 0 Å². The number of benzene rings is 2. The Morgan fingerprint density at radius 1 is 1.12 bits per heavy atom. The second kappa shape index (κ2) is 8.93. The molecule has 7 heteroatoms. The molecule has 2 rings (SSSR count). The molecule has 0 heterocycles. The molecule has 0 aliphatic heterocycles. The summed E-state index contributed by atoms with van der Waals surface area (Å²) in [5.74, 6) is -0.0658. The number of hydrogen-bond acceptors (Lipinski definition) is 4. The molecule has 0 bridgehead atoms. The summed E-state index contributed by atoms with van der Waals surface area (Å²) in [6, 6.07) is 13.9. The lowest BCUT2D eigenvalue weighted by molar-refractivity contribution is -0.121. The van der Waals surface area contributed by atoms with E-state index in [4.69, 9.17) is 11.6 Å². The molecule has 2 aromatic carbocycles. The monoisotopic (exact) mass is 411 g/mol. The van der Waals surface area contributed by atoms with Crippen LogP contribution < -0.4 is 5.32 Å². The Balaban J connectivity index is 2.04. The van der Waals surface area contributed by atoms with E-state index in [0.29, 0.717) is 11.4 Å². The van der Waals surface area contributed by atoms with E-state index in [2.05, 4.69) is 5.32 Å². The van der Waals surface area contributed by atoms with Gasteiger partial charge in [-0.3, -0.25) is 4.79 Å². The first-order chi connectivity index (χ1) is 12.2. The molecule has 0 spiro atoms. The predicted octanol–water partition coefficient (Wildman–Crippen LogP) is 4.49. The molecule has 140 valence electrons. The van der Waals surface area contributed by atoms with E-state index in [9.17, 15) is 13.2 Å². The van der Waals surface area contributed by atoms with Gasteiger partial charge in [-0.1, -0.05) is 30.7 Å². The van der Waals surface area contributed by atoms with Crippen molar-refractivity contribution in [2.45, 2.75) is 41.4 Å². The molecule has 26 heavy (non-hydrogen) atoms. The molecule has 2 aromatic rings. The summed E-state index contributed by atoms with van der Waals surface area (Å²) in [5, 5.41) is 3.44. The van der Waals surface area contributed by atoms with Crippen molar-refractivity contribution in [2.24, 2.45) is 0 Å². The molecule has 0 saturated heterocycles. The number of carbonyl (C=O) groups excluding carboxylic acids is 1. The molecule has 0 saturated carbocycles. The molecule has 0 aromatic heterocycles. The van der Waals surface area contributed by atoms with Crippen LogP contribution in [0.4, 0.5) is 0 Å². The van der Waals surface area contributed by atoms with Crippen LogP contribution in [-0.4, -0.2) is 25.8 Å². The zero-order valence-corrected chi connectivity index (χ0v) is 17.3. The lowest BCUT2D eigenvalue weighted by Gasteiger charge is -2.20. The van der Waals surface area contributed by atoms with Crippen LogP contribution in [0, 0.1) is 0 Å². The van der Waals surface area contributed by atoms with Crippen molar-refractivity contribution in [3.63, 3.8) is 0 Å². The minimum absolute atomic E-state index is 0.0658. The number of amides is 1. The average molecular weight is 412 g/mol. The second-order valence-electron chi connectivity index (χ2n) is 6.02. The third kappa shape index (κ3) is 5.76. The molecule has 0 fully saturated rings. The summed E-state index contributed by atoms with van der Waals surface area (Å²) in [5.41, 5.74) is 0.886. The van der Waals surface area contributed by atoms with Crippen molar-refractivity contribution >= 4 is 39.1 Å². The normalized spacial score (nSPS) is 13.8. The number of rotatable bonds is 7. The predicted molar refractivity (Wildman–Crippen MR) is 107 cm³/mol. The Kier molecular flexibility index (Phi) is 7.15. The maximum Gasteiger partial charge on any atom is 0.233 e. The van der Waals surface area contributed by atoms with Gasteiger partial charge in [-0.15, -0.1) is 11.8 Å². The van der Waals surface area contributed by atoms with Gasteiger partial charge in [-0.2, -0.15) is 0 Å². The average Bonchev–Trinajstić information content (AvgIpc) is 2.60. The Morgan fingerprint density at radius 2 is 1.69 bits per heavy atom. The third-order valence-corrected chi connectivity index (χ3v) is 6.42. The fraction of sp³-hybridized carbons (Fsp3) is 0.316. The highest BCUT2D eigenvalue weighted by atomic mass is 35.5. The fourth-order valence-corrected chi connectivity index (χ4v) is 4.06. The summed E-state index contributed by atoms with van der Waals surface area (Å²) in [6.07, 6.45) is 1.89. The van der Waals surface area contributed by atoms with E-state index >= 15 is 0 Å². The number of sulfone groups is 1. The van der Waals surface area contributed by atoms with Crippen LogP contribution in [0.15, 0.2) is 58.3 Å². The fourth-order valence-electron chi connectivity index (χ4n) is 2.43. The van der Waals surface area contributed by atoms with Crippen molar-refractivity contribution in [3.05, 3.63) is 59.1 Å². The van der Waals surface area contributed by atoms with Crippen molar-refractivity contribution in [2.75, 3.05) is 6.26 Å². The van der Waals surface area contributed by atoms with Gasteiger partial charge in [0.25, 0.3) is 0 Å². The summed E-state index contributed by atoms with van der Waals surface area (Å²) in [4.78, 5) is 13.8. The van der Waals surface area contributed by atoms with Gasteiger partial charge < -0.3 is 5.32 Å². The number of thioether (sulfide) groups is 1. The van der Waals surface area contributed by atoms with Crippen LogP contribution in [0.5, 0.6) is 0 Å². The molecular weight excluding hydrogens is 390 g/mol. The molecule has 0 aliphatic rings. The zero-order valence-electron chi connectivity index (χ0n) is 14.9. The molecule has 0 radical (unpaired) electrons. The number of hydrogen-bond donors (Lipinski definition) is 1. The van der Waals surface area contributed by atoms with Gasteiger partial charge in [0.15, 0.2) is 9.84 Å². The molecule has 1 amide bonds. The molecule has 2 atom stereocenters. The van der Waals surface area contributed by atoms with Gasteiger partial charge in [-0.25, -0.2) is 8.42 Å². The molecule has 1 N–H and O–H groups in total. The minimum Gasteiger partial charge on any atom is -0.348 e. The summed E-state index contributed by atoms with van der Waals surface area (Å²) >= 11 is 7.34. The highest BCUT2D eigenvalue weighted by molar-refractivity contribution is 8.00. The third-order valence-electron chi connectivity index (χ3n) is 3.93. The van der Waals surface area contributed by atoms with Crippen LogP contribution >= 0.6 is 23.4 Å². The molecule has 4 nitrogen and oxygen atoms in total. The minimum atomic E-state index is -3.23. The first-order valence-electron chi connectivity index (χ1n) is 8.23. The second-order valence-corrected chi connectivity index (χ2v) is 9.89. The summed E-state index contributed by atoms with van der Waals surface area (Å²) < 4.78 is 23.1. The van der Waals surface area contributed by atoms with Gasteiger partial charge in [0, 0.05) is 16.2 Å². The van der Waals surface area contributed by atoms with Crippen LogP contribution in [0.1, 0.15) is 31.9 Å². The lowest BCUT2D eigenvalue weighted by Crippen LogP contribution is -2.34. The topological polar surface area (TPSA) is 63.2 Å². The highest BCUT2D eigenvalue weighted by Gasteiger charge is 2.19. The van der Waals surface area contributed by atoms with E-state index in [1.54, 1.807) is 36.4 Å². The number of halogens is 1. The largest absolute Gasteiger partial charge is 0.348 e. The smallest absolute Gasteiger partial charge is 0.233 e. The van der Waals surface area contributed by atoms with Gasteiger partial charge >= 0.3 is 0 Å². The SMILES string of the molecule is CCC(NC(=O)C(C)Sc1ccc(Cl)cc1)c1ccc(S(C)(=O)=O)cc1. The van der Waals surface area contributed by atoms with E-state index in [0.717, 1.165) is 10.5 Å².